The minimum Gasteiger partial charge on any atom is -0.462 e. The van der Waals surface area contributed by atoms with Crippen LogP contribution in [0.5, 0.6) is 0 Å². The van der Waals surface area contributed by atoms with Gasteiger partial charge in [0.2, 0.25) is 5.91 Å². The van der Waals surface area contributed by atoms with E-state index < -0.39 is 0 Å². The minimum absolute atomic E-state index is 0.0615. The van der Waals surface area contributed by atoms with Crippen LogP contribution < -0.4 is 5.32 Å². The molecule has 1 saturated carbocycles. The van der Waals surface area contributed by atoms with E-state index in [4.69, 9.17) is 4.74 Å². The van der Waals surface area contributed by atoms with Crippen molar-refractivity contribution in [3.63, 3.8) is 0 Å². The number of carbonyl (C=O) groups is 2. The molecule has 0 aliphatic heterocycles. The van der Waals surface area contributed by atoms with Gasteiger partial charge in [-0.2, -0.15) is 0 Å². The van der Waals surface area contributed by atoms with E-state index in [1.807, 2.05) is 0 Å². The molecule has 1 fully saturated rings. The number of nitrogens with one attached hydrogen (secondary N) is 1. The second-order valence-corrected chi connectivity index (χ2v) is 4.61. The molecule has 1 aromatic carbocycles. The molecular weight excluding hydrogens is 230 g/mol. The third kappa shape index (κ3) is 2.88. The lowest BCUT2D eigenvalue weighted by Gasteiger charge is -2.06. The second-order valence-electron chi connectivity index (χ2n) is 4.61. The van der Waals surface area contributed by atoms with Gasteiger partial charge < -0.3 is 10.1 Å². The number of carbonyl (C=O) groups excluding carboxylic acids is 2. The maximum atomic E-state index is 11.7. The van der Waals surface area contributed by atoms with Crippen molar-refractivity contribution in [1.82, 2.24) is 0 Å². The monoisotopic (exact) mass is 247 g/mol. The predicted octanol–water partition coefficient (Wildman–Crippen LogP) is 2.46. The van der Waals surface area contributed by atoms with E-state index in [1.54, 1.807) is 31.2 Å². The molecule has 4 nitrogen and oxygen atoms in total. The number of esters is 1. The fourth-order valence-corrected chi connectivity index (χ4v) is 1.83. The fraction of sp³-hybridized carbons (Fsp3) is 0.429. The molecule has 1 aliphatic rings. The number of rotatable bonds is 4. The topological polar surface area (TPSA) is 55.4 Å². The first-order chi connectivity index (χ1) is 8.61. The molecule has 0 radical (unpaired) electrons. The Morgan fingerprint density at radius 2 is 1.94 bits per heavy atom. The Kier molecular flexibility index (Phi) is 3.65. The van der Waals surface area contributed by atoms with Crippen molar-refractivity contribution in [2.75, 3.05) is 11.9 Å². The maximum absolute atomic E-state index is 11.7. The number of ether oxygens (including phenoxy) is 1. The summed E-state index contributed by atoms with van der Waals surface area (Å²) in [5, 5.41) is 2.84. The van der Waals surface area contributed by atoms with Gasteiger partial charge in [-0.25, -0.2) is 4.79 Å². The van der Waals surface area contributed by atoms with Crippen LogP contribution in [-0.2, 0) is 9.53 Å². The smallest absolute Gasteiger partial charge is 0.338 e. The van der Waals surface area contributed by atoms with E-state index in [0.717, 1.165) is 6.42 Å². The van der Waals surface area contributed by atoms with Crippen LogP contribution in [0.4, 0.5) is 5.69 Å². The Labute approximate surface area is 106 Å². The van der Waals surface area contributed by atoms with E-state index in [1.165, 1.54) is 0 Å². The van der Waals surface area contributed by atoms with Crippen molar-refractivity contribution >= 4 is 17.6 Å². The molecule has 0 unspecified atom stereocenters. The van der Waals surface area contributed by atoms with Crippen LogP contribution in [-0.4, -0.2) is 18.5 Å². The van der Waals surface area contributed by atoms with Crippen molar-refractivity contribution in [1.29, 1.82) is 0 Å². The number of anilines is 1. The molecule has 0 bridgehead atoms. The van der Waals surface area contributed by atoms with Gasteiger partial charge in [0.25, 0.3) is 0 Å². The quantitative estimate of drug-likeness (QED) is 0.831. The van der Waals surface area contributed by atoms with Gasteiger partial charge >= 0.3 is 5.97 Å². The Bertz CT molecular complexity index is 453. The lowest BCUT2D eigenvalue weighted by Crippen LogP contribution is -2.14. The highest BCUT2D eigenvalue weighted by molar-refractivity contribution is 5.95. The lowest BCUT2D eigenvalue weighted by molar-refractivity contribution is -0.117. The molecule has 4 heteroatoms. The molecule has 18 heavy (non-hydrogen) atoms. The maximum Gasteiger partial charge on any atom is 0.338 e. The Hall–Kier alpha value is -1.84. The van der Waals surface area contributed by atoms with E-state index in [9.17, 15) is 9.59 Å². The molecule has 2 atom stereocenters. The fourth-order valence-electron chi connectivity index (χ4n) is 1.83. The molecule has 0 spiro atoms. The van der Waals surface area contributed by atoms with Crippen LogP contribution in [0.1, 0.15) is 30.6 Å². The van der Waals surface area contributed by atoms with Crippen LogP contribution in [0, 0.1) is 11.8 Å². The van der Waals surface area contributed by atoms with Gasteiger partial charge in [-0.3, -0.25) is 4.79 Å². The highest BCUT2D eigenvalue weighted by atomic mass is 16.5. The lowest BCUT2D eigenvalue weighted by atomic mass is 10.2. The van der Waals surface area contributed by atoms with E-state index in [0.29, 0.717) is 23.8 Å². The molecule has 1 aliphatic carbocycles. The summed E-state index contributed by atoms with van der Waals surface area (Å²) in [6.07, 6.45) is 0.965. The summed E-state index contributed by atoms with van der Waals surface area (Å²) < 4.78 is 4.88. The summed E-state index contributed by atoms with van der Waals surface area (Å²) in [4.78, 5) is 23.1. The zero-order chi connectivity index (χ0) is 13.1. The number of hydrogen-bond acceptors (Lipinski definition) is 3. The summed E-state index contributed by atoms with van der Waals surface area (Å²) in [5.41, 5.74) is 1.21. The molecule has 0 saturated heterocycles. The largest absolute Gasteiger partial charge is 0.462 e. The van der Waals surface area contributed by atoms with Crippen molar-refractivity contribution in [2.24, 2.45) is 11.8 Å². The average molecular weight is 247 g/mol. The Balaban J connectivity index is 1.95. The normalized spacial score (nSPS) is 21.2. The van der Waals surface area contributed by atoms with Crippen LogP contribution in [0.3, 0.4) is 0 Å². The number of hydrogen-bond donors (Lipinski definition) is 1. The van der Waals surface area contributed by atoms with Crippen molar-refractivity contribution in [3.8, 4) is 0 Å². The average Bonchev–Trinajstić information content (AvgIpc) is 3.08. The molecule has 2 rings (SSSR count). The number of benzene rings is 1. The zero-order valence-corrected chi connectivity index (χ0v) is 10.6. The molecule has 1 aromatic rings. The van der Waals surface area contributed by atoms with Gasteiger partial charge in [-0.15, -0.1) is 0 Å². The van der Waals surface area contributed by atoms with Gasteiger partial charge in [0.05, 0.1) is 12.2 Å². The zero-order valence-electron chi connectivity index (χ0n) is 10.6. The van der Waals surface area contributed by atoms with Gasteiger partial charge in [0.15, 0.2) is 0 Å². The summed E-state index contributed by atoms with van der Waals surface area (Å²) in [6.45, 7) is 4.19. The summed E-state index contributed by atoms with van der Waals surface area (Å²) in [5.74, 6) is 0.358. The van der Waals surface area contributed by atoms with Gasteiger partial charge in [-0.05, 0) is 43.5 Å². The molecule has 0 aromatic heterocycles. The van der Waals surface area contributed by atoms with Crippen LogP contribution >= 0.6 is 0 Å². The van der Waals surface area contributed by atoms with Crippen molar-refractivity contribution < 1.29 is 14.3 Å². The van der Waals surface area contributed by atoms with Gasteiger partial charge in [0, 0.05) is 11.6 Å². The molecular formula is C14H17NO3. The standard InChI is InChI=1S/C14H17NO3/c1-3-18-14(17)10-4-6-11(7-5-10)15-13(16)12-8-9(12)2/h4-7,9,12H,3,8H2,1-2H3,(H,15,16)/t9-,12+/m0/s1. The van der Waals surface area contributed by atoms with Gasteiger partial charge in [-0.1, -0.05) is 6.92 Å². The number of amides is 1. The van der Waals surface area contributed by atoms with Crippen molar-refractivity contribution in [3.05, 3.63) is 29.8 Å². The highest BCUT2D eigenvalue weighted by Gasteiger charge is 2.38. The second kappa shape index (κ2) is 5.21. The summed E-state index contributed by atoms with van der Waals surface area (Å²) in [6, 6.07) is 6.75. The van der Waals surface area contributed by atoms with E-state index in [2.05, 4.69) is 12.2 Å². The first kappa shape index (κ1) is 12.6. The van der Waals surface area contributed by atoms with Crippen LogP contribution in [0.25, 0.3) is 0 Å². The van der Waals surface area contributed by atoms with Crippen molar-refractivity contribution in [2.45, 2.75) is 20.3 Å². The first-order valence-corrected chi connectivity index (χ1v) is 6.20. The predicted molar refractivity (Wildman–Crippen MR) is 68.3 cm³/mol. The van der Waals surface area contributed by atoms with Gasteiger partial charge in [0.1, 0.15) is 0 Å². The summed E-state index contributed by atoms with van der Waals surface area (Å²) in [7, 11) is 0. The Morgan fingerprint density at radius 1 is 1.33 bits per heavy atom. The highest BCUT2D eigenvalue weighted by Crippen LogP contribution is 2.38. The third-order valence-corrected chi connectivity index (χ3v) is 3.11. The van der Waals surface area contributed by atoms with Crippen LogP contribution in [0.15, 0.2) is 24.3 Å². The minimum atomic E-state index is -0.341. The molecule has 0 heterocycles. The molecule has 1 N–H and O–H groups in total. The van der Waals surface area contributed by atoms with Crippen LogP contribution in [0.2, 0.25) is 0 Å². The molecule has 96 valence electrons. The first-order valence-electron chi connectivity index (χ1n) is 6.20. The van der Waals surface area contributed by atoms with E-state index >= 15 is 0 Å². The SMILES string of the molecule is CCOC(=O)c1ccc(NC(=O)[C@@H]2C[C@@H]2C)cc1. The Morgan fingerprint density at radius 3 is 2.44 bits per heavy atom. The molecule has 1 amide bonds. The third-order valence-electron chi connectivity index (χ3n) is 3.11. The van der Waals surface area contributed by atoms with E-state index in [-0.39, 0.29) is 17.8 Å². The summed E-state index contributed by atoms with van der Waals surface area (Å²) >= 11 is 0.